The topological polar surface area (TPSA) is 72.4 Å². The van der Waals surface area contributed by atoms with Gasteiger partial charge in [-0.25, -0.2) is 0 Å². The molecule has 0 bridgehead atoms. The van der Waals surface area contributed by atoms with Crippen molar-refractivity contribution in [2.24, 2.45) is 0 Å². The molecule has 7 heteroatoms. The number of aromatic nitrogens is 3. The van der Waals surface area contributed by atoms with Gasteiger partial charge in [-0.1, -0.05) is 6.92 Å². The molecule has 1 aliphatic heterocycles. The molecule has 1 aliphatic rings. The second-order valence-electron chi connectivity index (χ2n) is 5.24. The van der Waals surface area contributed by atoms with Crippen LogP contribution in [0, 0.1) is 0 Å². The van der Waals surface area contributed by atoms with Crippen LogP contribution in [-0.4, -0.2) is 54.9 Å². The minimum absolute atomic E-state index is 0.249. The molecule has 7 nitrogen and oxygen atoms in total. The largest absolute Gasteiger partial charge is 0.467 e. The molecule has 1 saturated heterocycles. The zero-order chi connectivity index (χ0) is 15.1. The van der Waals surface area contributed by atoms with Crippen LogP contribution in [0.15, 0.2) is 0 Å². The molecule has 1 aromatic heterocycles. The first-order valence-electron chi connectivity index (χ1n) is 7.59. The molecule has 1 unspecified atom stereocenters. The maximum atomic E-state index is 5.76. The summed E-state index contributed by atoms with van der Waals surface area (Å²) in [6.07, 6.45) is 4.73. The van der Waals surface area contributed by atoms with Gasteiger partial charge in [0, 0.05) is 26.7 Å². The van der Waals surface area contributed by atoms with Gasteiger partial charge in [0.1, 0.15) is 0 Å². The van der Waals surface area contributed by atoms with Crippen LogP contribution in [0.5, 0.6) is 6.01 Å². The van der Waals surface area contributed by atoms with Crippen molar-refractivity contribution in [1.82, 2.24) is 15.0 Å². The lowest BCUT2D eigenvalue weighted by Gasteiger charge is -2.27. The normalized spacial score (nSPS) is 18.3. The van der Waals surface area contributed by atoms with Crippen LogP contribution >= 0.6 is 0 Å². The zero-order valence-corrected chi connectivity index (χ0v) is 13.1. The first-order valence-corrected chi connectivity index (χ1v) is 7.59. The molecule has 0 saturated carbocycles. The molecule has 0 amide bonds. The highest BCUT2D eigenvalue weighted by atomic mass is 16.5. The number of hydrogen-bond donors (Lipinski definition) is 1. The van der Waals surface area contributed by atoms with Crippen LogP contribution in [0.1, 0.15) is 32.6 Å². The van der Waals surface area contributed by atoms with Crippen molar-refractivity contribution in [3.8, 4) is 6.01 Å². The first kappa shape index (κ1) is 15.8. The molecule has 118 valence electrons. The molecule has 0 spiro atoms. The summed E-state index contributed by atoms with van der Waals surface area (Å²) in [5, 5.41) is 3.17. The summed E-state index contributed by atoms with van der Waals surface area (Å²) >= 11 is 0. The van der Waals surface area contributed by atoms with E-state index in [4.69, 9.17) is 9.47 Å². The maximum Gasteiger partial charge on any atom is 0.322 e. The van der Waals surface area contributed by atoms with Crippen molar-refractivity contribution in [1.29, 1.82) is 0 Å². The minimum atomic E-state index is 0.249. The minimum Gasteiger partial charge on any atom is -0.467 e. The highest BCUT2D eigenvalue weighted by molar-refractivity contribution is 5.37. The van der Waals surface area contributed by atoms with Crippen LogP contribution in [-0.2, 0) is 4.74 Å². The molecule has 1 N–H and O–H groups in total. The van der Waals surface area contributed by atoms with Crippen LogP contribution in [0.4, 0.5) is 11.9 Å². The van der Waals surface area contributed by atoms with Crippen LogP contribution in [0.25, 0.3) is 0 Å². The summed E-state index contributed by atoms with van der Waals surface area (Å²) in [4.78, 5) is 15.0. The Labute approximate surface area is 126 Å². The van der Waals surface area contributed by atoms with Gasteiger partial charge in [-0.2, -0.15) is 15.0 Å². The fourth-order valence-electron chi connectivity index (χ4n) is 2.26. The van der Waals surface area contributed by atoms with Crippen molar-refractivity contribution in [3.05, 3.63) is 0 Å². The summed E-state index contributed by atoms with van der Waals surface area (Å²) in [6, 6.07) is 0.329. The second kappa shape index (κ2) is 7.97. The van der Waals surface area contributed by atoms with Crippen LogP contribution < -0.4 is 15.0 Å². The third-order valence-corrected chi connectivity index (χ3v) is 3.41. The predicted octanol–water partition coefficient (Wildman–Crippen LogP) is 1.71. The molecular weight excluding hydrogens is 270 g/mol. The molecule has 0 radical (unpaired) electrons. The van der Waals surface area contributed by atoms with Crippen molar-refractivity contribution in [2.45, 2.75) is 38.7 Å². The number of ether oxygens (including phenoxy) is 2. The Morgan fingerprint density at radius 2 is 2.19 bits per heavy atom. The van der Waals surface area contributed by atoms with E-state index in [2.05, 4.69) is 27.2 Å². The van der Waals surface area contributed by atoms with Gasteiger partial charge in [-0.15, -0.1) is 0 Å². The fourth-order valence-corrected chi connectivity index (χ4v) is 2.26. The average Bonchev–Trinajstić information content (AvgIpc) is 2.53. The monoisotopic (exact) mass is 295 g/mol. The van der Waals surface area contributed by atoms with Gasteiger partial charge < -0.3 is 19.7 Å². The van der Waals surface area contributed by atoms with Gasteiger partial charge in [0.05, 0.1) is 13.2 Å². The standard InChI is InChI=1S/C14H25N5O2/c1-4-8-15-12-16-13(18-14(17-12)20-3)19(2)10-11-7-5-6-9-21-11/h11H,4-10H2,1-3H3,(H,15,16,17,18). The number of nitrogens with one attached hydrogen (secondary N) is 1. The molecule has 1 fully saturated rings. The highest BCUT2D eigenvalue weighted by Gasteiger charge is 2.18. The molecule has 21 heavy (non-hydrogen) atoms. The number of anilines is 2. The SMILES string of the molecule is CCCNc1nc(OC)nc(N(C)CC2CCCCO2)n1. The van der Waals surface area contributed by atoms with E-state index in [0.29, 0.717) is 17.9 Å². The Morgan fingerprint density at radius 1 is 1.33 bits per heavy atom. The molecule has 1 aromatic rings. The van der Waals surface area contributed by atoms with E-state index in [1.165, 1.54) is 6.42 Å². The fraction of sp³-hybridized carbons (Fsp3) is 0.786. The van der Waals surface area contributed by atoms with E-state index in [9.17, 15) is 0 Å². The van der Waals surface area contributed by atoms with Crippen LogP contribution in [0.2, 0.25) is 0 Å². The predicted molar refractivity (Wildman–Crippen MR) is 82.0 cm³/mol. The quantitative estimate of drug-likeness (QED) is 0.821. The number of methoxy groups -OCH3 is 1. The number of hydrogen-bond acceptors (Lipinski definition) is 7. The highest BCUT2D eigenvalue weighted by Crippen LogP contribution is 2.18. The molecule has 2 heterocycles. The second-order valence-corrected chi connectivity index (χ2v) is 5.24. The Hall–Kier alpha value is -1.63. The van der Waals surface area contributed by atoms with E-state index < -0.39 is 0 Å². The number of nitrogens with zero attached hydrogens (tertiary/aromatic N) is 4. The Kier molecular flexibility index (Phi) is 5.98. The van der Waals surface area contributed by atoms with Gasteiger partial charge in [0.15, 0.2) is 0 Å². The van der Waals surface area contributed by atoms with Gasteiger partial charge in [0.2, 0.25) is 11.9 Å². The molecule has 0 aromatic carbocycles. The van der Waals surface area contributed by atoms with Crippen LogP contribution in [0.3, 0.4) is 0 Å². The van der Waals surface area contributed by atoms with Gasteiger partial charge in [-0.3, -0.25) is 0 Å². The zero-order valence-electron chi connectivity index (χ0n) is 13.1. The third kappa shape index (κ3) is 4.70. The maximum absolute atomic E-state index is 5.76. The smallest absolute Gasteiger partial charge is 0.322 e. The lowest BCUT2D eigenvalue weighted by molar-refractivity contribution is 0.0214. The van der Waals surface area contributed by atoms with E-state index in [0.717, 1.165) is 39.0 Å². The van der Waals surface area contributed by atoms with E-state index in [1.54, 1.807) is 7.11 Å². The van der Waals surface area contributed by atoms with Crippen molar-refractivity contribution in [3.63, 3.8) is 0 Å². The molecular formula is C14H25N5O2. The number of rotatable bonds is 7. The lowest BCUT2D eigenvalue weighted by atomic mass is 10.1. The van der Waals surface area contributed by atoms with Crippen molar-refractivity contribution >= 4 is 11.9 Å². The Bertz CT molecular complexity index is 437. The van der Waals surface area contributed by atoms with Gasteiger partial charge in [-0.05, 0) is 25.7 Å². The summed E-state index contributed by atoms with van der Waals surface area (Å²) in [5.74, 6) is 1.16. The first-order chi connectivity index (χ1) is 10.2. The third-order valence-electron chi connectivity index (χ3n) is 3.41. The summed E-state index contributed by atoms with van der Waals surface area (Å²) in [7, 11) is 3.53. The lowest BCUT2D eigenvalue weighted by Crippen LogP contribution is -2.34. The van der Waals surface area contributed by atoms with Crippen molar-refractivity contribution in [2.75, 3.05) is 44.1 Å². The summed E-state index contributed by atoms with van der Waals surface area (Å²) < 4.78 is 10.9. The molecule has 1 atom stereocenters. The summed E-state index contributed by atoms with van der Waals surface area (Å²) in [5.41, 5.74) is 0. The Balaban J connectivity index is 2.05. The summed E-state index contributed by atoms with van der Waals surface area (Å²) in [6.45, 7) is 4.55. The molecule has 0 aliphatic carbocycles. The Morgan fingerprint density at radius 3 is 2.86 bits per heavy atom. The van der Waals surface area contributed by atoms with E-state index >= 15 is 0 Å². The van der Waals surface area contributed by atoms with E-state index in [1.807, 2.05) is 11.9 Å². The average molecular weight is 295 g/mol. The van der Waals surface area contributed by atoms with Gasteiger partial charge in [0.25, 0.3) is 0 Å². The number of likely N-dealkylation sites (N-methyl/N-ethyl adjacent to an activating group) is 1. The van der Waals surface area contributed by atoms with Gasteiger partial charge >= 0.3 is 6.01 Å². The molecule has 2 rings (SSSR count). The van der Waals surface area contributed by atoms with Crippen molar-refractivity contribution < 1.29 is 9.47 Å². The van der Waals surface area contributed by atoms with E-state index in [-0.39, 0.29) is 6.10 Å².